The smallest absolute Gasteiger partial charge is 0.328 e. The van der Waals surface area contributed by atoms with Crippen LogP contribution in [-0.4, -0.2) is 38.7 Å². The van der Waals surface area contributed by atoms with E-state index in [9.17, 15) is 9.59 Å². The minimum Gasteiger partial charge on any atom is -0.493 e. The summed E-state index contributed by atoms with van der Waals surface area (Å²) in [6.45, 7) is 3.44. The van der Waals surface area contributed by atoms with Crippen LogP contribution in [0.2, 0.25) is 0 Å². The van der Waals surface area contributed by atoms with E-state index in [1.165, 1.54) is 14.2 Å². The van der Waals surface area contributed by atoms with E-state index in [2.05, 4.69) is 10.1 Å². The summed E-state index contributed by atoms with van der Waals surface area (Å²) >= 11 is 0. The van der Waals surface area contributed by atoms with Crippen molar-refractivity contribution in [2.45, 2.75) is 19.9 Å². The van der Waals surface area contributed by atoms with Crippen molar-refractivity contribution in [2.75, 3.05) is 20.8 Å². The number of ether oxygens (including phenoxy) is 3. The van der Waals surface area contributed by atoms with Gasteiger partial charge in [0, 0.05) is 0 Å². The third-order valence-electron chi connectivity index (χ3n) is 2.87. The largest absolute Gasteiger partial charge is 0.493 e. The Morgan fingerprint density at radius 1 is 1.14 bits per heavy atom. The highest BCUT2D eigenvalue weighted by Gasteiger charge is 2.25. The maximum Gasteiger partial charge on any atom is 0.328 e. The van der Waals surface area contributed by atoms with Crippen LogP contribution in [-0.2, 0) is 14.3 Å². The topological polar surface area (TPSA) is 73.9 Å². The molecule has 0 radical (unpaired) electrons. The number of para-hydroxylation sites is 2. The van der Waals surface area contributed by atoms with E-state index < -0.39 is 17.9 Å². The van der Waals surface area contributed by atoms with Gasteiger partial charge in [0.2, 0.25) is 0 Å². The Morgan fingerprint density at radius 3 is 2.29 bits per heavy atom. The molecule has 0 aromatic heterocycles. The summed E-state index contributed by atoms with van der Waals surface area (Å²) in [5, 5.41) is 2.60. The fourth-order valence-electron chi connectivity index (χ4n) is 1.72. The number of benzene rings is 1. The molecule has 0 aliphatic heterocycles. The van der Waals surface area contributed by atoms with Crippen LogP contribution in [0.5, 0.6) is 11.5 Å². The summed E-state index contributed by atoms with van der Waals surface area (Å²) in [6.07, 6.45) is 0. The number of hydrogen-bond acceptors (Lipinski definition) is 5. The standard InChI is InChI=1S/C15H21NO5/c1-10(2)14(15(18)20-4)16-13(17)9-21-12-8-6-5-7-11(12)19-3/h5-8,10,14H,9H2,1-4H3,(H,16,17). The Labute approximate surface area is 124 Å². The number of rotatable bonds is 7. The van der Waals surface area contributed by atoms with E-state index in [0.29, 0.717) is 11.5 Å². The summed E-state index contributed by atoms with van der Waals surface area (Å²) in [5.74, 6) is 0.0568. The van der Waals surface area contributed by atoms with E-state index in [1.807, 2.05) is 13.8 Å². The van der Waals surface area contributed by atoms with E-state index in [-0.39, 0.29) is 12.5 Å². The van der Waals surface area contributed by atoms with Crippen molar-refractivity contribution in [3.05, 3.63) is 24.3 Å². The molecule has 1 aromatic rings. The van der Waals surface area contributed by atoms with Gasteiger partial charge < -0.3 is 19.5 Å². The normalized spacial score (nSPS) is 11.7. The van der Waals surface area contributed by atoms with Gasteiger partial charge in [0.05, 0.1) is 14.2 Å². The molecule has 0 bridgehead atoms. The molecule has 1 amide bonds. The summed E-state index contributed by atoms with van der Waals surface area (Å²) in [6, 6.07) is 6.33. The lowest BCUT2D eigenvalue weighted by Gasteiger charge is -2.20. The molecule has 0 heterocycles. The van der Waals surface area contributed by atoms with Gasteiger partial charge in [-0.2, -0.15) is 0 Å². The zero-order chi connectivity index (χ0) is 15.8. The van der Waals surface area contributed by atoms with E-state index in [0.717, 1.165) is 0 Å². The molecule has 0 aliphatic rings. The average Bonchev–Trinajstić information content (AvgIpc) is 2.49. The average molecular weight is 295 g/mol. The second kappa shape index (κ2) is 8.14. The summed E-state index contributed by atoms with van der Waals surface area (Å²) in [4.78, 5) is 23.4. The van der Waals surface area contributed by atoms with Crippen LogP contribution in [0, 0.1) is 5.92 Å². The first-order valence-corrected chi connectivity index (χ1v) is 6.62. The first-order chi connectivity index (χ1) is 9.99. The number of carbonyl (C=O) groups is 2. The van der Waals surface area contributed by atoms with E-state index in [4.69, 9.17) is 9.47 Å². The quantitative estimate of drug-likeness (QED) is 0.769. The summed E-state index contributed by atoms with van der Waals surface area (Å²) < 4.78 is 15.2. The van der Waals surface area contributed by atoms with Gasteiger partial charge in [-0.1, -0.05) is 26.0 Å². The SMILES string of the molecule is COC(=O)C(NC(=O)COc1ccccc1OC)C(C)C. The van der Waals surface area contributed by atoms with Gasteiger partial charge in [0.1, 0.15) is 6.04 Å². The fourth-order valence-corrected chi connectivity index (χ4v) is 1.72. The third kappa shape index (κ3) is 4.98. The predicted molar refractivity (Wildman–Crippen MR) is 77.3 cm³/mol. The van der Waals surface area contributed by atoms with Crippen molar-refractivity contribution in [2.24, 2.45) is 5.92 Å². The van der Waals surface area contributed by atoms with Crippen LogP contribution in [0.4, 0.5) is 0 Å². The third-order valence-corrected chi connectivity index (χ3v) is 2.87. The molecule has 0 saturated heterocycles. The van der Waals surface area contributed by atoms with Crippen molar-refractivity contribution in [3.63, 3.8) is 0 Å². The van der Waals surface area contributed by atoms with Crippen molar-refractivity contribution in [1.82, 2.24) is 5.32 Å². The molecule has 0 fully saturated rings. The number of methoxy groups -OCH3 is 2. The van der Waals surface area contributed by atoms with Gasteiger partial charge in [-0.25, -0.2) is 4.79 Å². The second-order valence-electron chi connectivity index (χ2n) is 4.75. The van der Waals surface area contributed by atoms with Gasteiger partial charge in [0.25, 0.3) is 5.91 Å². The zero-order valence-electron chi connectivity index (χ0n) is 12.7. The Morgan fingerprint density at radius 2 is 1.76 bits per heavy atom. The van der Waals surface area contributed by atoms with Gasteiger partial charge in [-0.3, -0.25) is 4.79 Å². The molecule has 6 nitrogen and oxygen atoms in total. The molecule has 1 unspecified atom stereocenters. The van der Waals surface area contributed by atoms with Crippen molar-refractivity contribution >= 4 is 11.9 Å². The van der Waals surface area contributed by atoms with Gasteiger partial charge in [-0.05, 0) is 18.1 Å². The van der Waals surface area contributed by atoms with Crippen LogP contribution in [0.3, 0.4) is 0 Å². The number of amides is 1. The van der Waals surface area contributed by atoms with Crippen molar-refractivity contribution in [1.29, 1.82) is 0 Å². The molecule has 1 aromatic carbocycles. The molecule has 0 saturated carbocycles. The molecule has 1 N–H and O–H groups in total. The predicted octanol–water partition coefficient (Wildman–Crippen LogP) is 1.39. The fraction of sp³-hybridized carbons (Fsp3) is 0.467. The molecular formula is C15H21NO5. The van der Waals surface area contributed by atoms with Gasteiger partial charge in [0.15, 0.2) is 18.1 Å². The molecular weight excluding hydrogens is 274 g/mol. The molecule has 21 heavy (non-hydrogen) atoms. The highest BCUT2D eigenvalue weighted by atomic mass is 16.5. The lowest BCUT2D eigenvalue weighted by molar-refractivity contribution is -0.146. The maximum atomic E-state index is 11.9. The highest BCUT2D eigenvalue weighted by Crippen LogP contribution is 2.25. The van der Waals surface area contributed by atoms with Gasteiger partial charge in [-0.15, -0.1) is 0 Å². The summed E-state index contributed by atoms with van der Waals surface area (Å²) in [5.41, 5.74) is 0. The Kier molecular flexibility index (Phi) is 6.52. The number of esters is 1. The Balaban J connectivity index is 2.59. The maximum absolute atomic E-state index is 11.9. The molecule has 0 spiro atoms. The molecule has 1 atom stereocenters. The second-order valence-corrected chi connectivity index (χ2v) is 4.75. The van der Waals surface area contributed by atoms with Crippen LogP contribution >= 0.6 is 0 Å². The minimum atomic E-state index is -0.691. The molecule has 1 rings (SSSR count). The number of nitrogens with one attached hydrogen (secondary N) is 1. The molecule has 116 valence electrons. The van der Waals surface area contributed by atoms with Crippen LogP contribution in [0.1, 0.15) is 13.8 Å². The number of hydrogen-bond donors (Lipinski definition) is 1. The first-order valence-electron chi connectivity index (χ1n) is 6.62. The minimum absolute atomic E-state index is 0.0762. The van der Waals surface area contributed by atoms with Crippen LogP contribution in [0.25, 0.3) is 0 Å². The summed E-state index contributed by atoms with van der Waals surface area (Å²) in [7, 11) is 2.81. The van der Waals surface area contributed by atoms with Crippen molar-refractivity contribution in [3.8, 4) is 11.5 Å². The zero-order valence-corrected chi connectivity index (χ0v) is 12.7. The van der Waals surface area contributed by atoms with Gasteiger partial charge >= 0.3 is 5.97 Å². The van der Waals surface area contributed by atoms with Crippen LogP contribution < -0.4 is 14.8 Å². The highest BCUT2D eigenvalue weighted by molar-refractivity contribution is 5.85. The number of carbonyl (C=O) groups excluding carboxylic acids is 2. The lowest BCUT2D eigenvalue weighted by Crippen LogP contribution is -2.46. The molecule has 0 aliphatic carbocycles. The van der Waals surface area contributed by atoms with Crippen molar-refractivity contribution < 1.29 is 23.8 Å². The monoisotopic (exact) mass is 295 g/mol. The van der Waals surface area contributed by atoms with Crippen LogP contribution in [0.15, 0.2) is 24.3 Å². The lowest BCUT2D eigenvalue weighted by atomic mass is 10.0. The Bertz CT molecular complexity index is 487. The first kappa shape index (κ1) is 16.8. The van der Waals surface area contributed by atoms with E-state index >= 15 is 0 Å². The molecule has 6 heteroatoms. The Hall–Kier alpha value is -2.24. The van der Waals surface area contributed by atoms with E-state index in [1.54, 1.807) is 24.3 Å².